The highest BCUT2D eigenvalue weighted by molar-refractivity contribution is 7.89. The summed E-state index contributed by atoms with van der Waals surface area (Å²) >= 11 is 1.63. The number of likely N-dealkylation sites (tertiary alicyclic amines) is 1. The first-order valence-corrected chi connectivity index (χ1v) is 13.4. The Bertz CT molecular complexity index is 1350. The van der Waals surface area contributed by atoms with Gasteiger partial charge in [0.25, 0.3) is 0 Å². The van der Waals surface area contributed by atoms with E-state index in [0.717, 1.165) is 17.8 Å². The number of aryl methyl sites for hydroxylation is 1. The number of halogens is 3. The van der Waals surface area contributed by atoms with E-state index in [0.29, 0.717) is 19.6 Å². The van der Waals surface area contributed by atoms with Gasteiger partial charge in [-0.2, -0.15) is 17.5 Å². The molecule has 1 N–H and O–H groups in total. The van der Waals surface area contributed by atoms with Gasteiger partial charge in [0.05, 0.1) is 17.2 Å². The first-order chi connectivity index (χ1) is 17.5. The molecule has 37 heavy (non-hydrogen) atoms. The van der Waals surface area contributed by atoms with E-state index in [1.165, 1.54) is 4.88 Å². The zero-order valence-electron chi connectivity index (χ0n) is 19.5. The SMILES string of the molecule is Cc1ncsc1CN1CC2Oc3ncccc3S(=O)(=O)N(Cc3ccccc3)C2C1.O=C(O)C(F)(F)F. The average molecular weight is 557 g/mol. The standard InChI is InChI=1S/C21H22N4O3S2.C2HF3O2/c1-15-19(29-14-23-15)13-24-11-17-18(12-24)28-21-20(8-5-9-22-21)30(26,27)25(17)10-16-6-3-2-4-7-16;3-2(4,5)1(6)7/h2-9,14,17-18H,10-13H2,1H3;(H,6,7). The first kappa shape index (κ1) is 27.0. The summed E-state index contributed by atoms with van der Waals surface area (Å²) in [5.41, 5.74) is 3.82. The molecule has 2 aromatic heterocycles. The molecule has 2 aliphatic rings. The number of fused-ring (bicyclic) bond motifs is 2. The van der Waals surface area contributed by atoms with E-state index in [4.69, 9.17) is 14.6 Å². The molecule has 2 aliphatic heterocycles. The summed E-state index contributed by atoms with van der Waals surface area (Å²) in [6, 6.07) is 12.6. The topological polar surface area (TPSA) is 113 Å². The molecule has 0 amide bonds. The molecule has 4 heterocycles. The van der Waals surface area contributed by atoms with Gasteiger partial charge in [0.15, 0.2) is 0 Å². The third-order valence-electron chi connectivity index (χ3n) is 5.90. The lowest BCUT2D eigenvalue weighted by Crippen LogP contribution is -2.46. The minimum atomic E-state index is -5.08. The van der Waals surface area contributed by atoms with Crippen molar-refractivity contribution >= 4 is 27.3 Å². The highest BCUT2D eigenvalue weighted by Crippen LogP contribution is 2.36. The summed E-state index contributed by atoms with van der Waals surface area (Å²) in [6.45, 7) is 4.28. The fourth-order valence-corrected chi connectivity index (χ4v) is 6.63. The molecule has 1 aromatic carbocycles. The van der Waals surface area contributed by atoms with Crippen LogP contribution in [0.25, 0.3) is 0 Å². The lowest BCUT2D eigenvalue weighted by Gasteiger charge is -2.28. The van der Waals surface area contributed by atoms with Crippen LogP contribution in [0.4, 0.5) is 13.2 Å². The molecule has 3 aromatic rings. The number of aliphatic carboxylic acids is 1. The van der Waals surface area contributed by atoms with Crippen molar-refractivity contribution in [3.63, 3.8) is 0 Å². The van der Waals surface area contributed by atoms with Gasteiger partial charge in [0.1, 0.15) is 11.0 Å². The molecule has 0 bridgehead atoms. The number of benzene rings is 1. The molecule has 0 saturated carbocycles. The maximum Gasteiger partial charge on any atom is 0.490 e. The van der Waals surface area contributed by atoms with Crippen molar-refractivity contribution in [2.24, 2.45) is 0 Å². The van der Waals surface area contributed by atoms with Crippen LogP contribution in [0.2, 0.25) is 0 Å². The molecule has 5 rings (SSSR count). The van der Waals surface area contributed by atoms with Gasteiger partial charge in [-0.3, -0.25) is 4.90 Å². The van der Waals surface area contributed by atoms with Crippen molar-refractivity contribution < 1.29 is 36.2 Å². The molecule has 0 aliphatic carbocycles. The molecule has 0 radical (unpaired) electrons. The molecule has 14 heteroatoms. The maximum absolute atomic E-state index is 13.6. The zero-order valence-corrected chi connectivity index (χ0v) is 21.1. The number of carbonyl (C=O) groups is 1. The van der Waals surface area contributed by atoms with Gasteiger partial charge in [-0.1, -0.05) is 30.3 Å². The third-order valence-corrected chi connectivity index (χ3v) is 8.71. The van der Waals surface area contributed by atoms with Gasteiger partial charge in [0, 0.05) is 37.3 Å². The van der Waals surface area contributed by atoms with Crippen LogP contribution in [0, 0.1) is 6.92 Å². The second-order valence-corrected chi connectivity index (χ2v) is 11.2. The highest BCUT2D eigenvalue weighted by Gasteiger charge is 2.47. The minimum absolute atomic E-state index is 0.139. The maximum atomic E-state index is 13.6. The quantitative estimate of drug-likeness (QED) is 0.521. The van der Waals surface area contributed by atoms with Gasteiger partial charge < -0.3 is 9.84 Å². The van der Waals surface area contributed by atoms with Gasteiger partial charge in [-0.05, 0) is 24.6 Å². The van der Waals surface area contributed by atoms with Gasteiger partial charge in [0.2, 0.25) is 15.9 Å². The monoisotopic (exact) mass is 556 g/mol. The van der Waals surface area contributed by atoms with Crippen LogP contribution in [0.1, 0.15) is 16.1 Å². The molecular formula is C23H23F3N4O5S2. The number of sulfonamides is 1. The Morgan fingerprint density at radius 3 is 2.46 bits per heavy atom. The first-order valence-electron chi connectivity index (χ1n) is 11.1. The fraction of sp³-hybridized carbons (Fsp3) is 0.348. The van der Waals surface area contributed by atoms with Crippen molar-refractivity contribution in [3.8, 4) is 5.88 Å². The van der Waals surface area contributed by atoms with E-state index in [2.05, 4.69) is 14.9 Å². The normalized spacial score (nSPS) is 21.1. The lowest BCUT2D eigenvalue weighted by molar-refractivity contribution is -0.192. The van der Waals surface area contributed by atoms with Crippen LogP contribution in [0.3, 0.4) is 0 Å². The molecule has 2 atom stereocenters. The van der Waals surface area contributed by atoms with E-state index in [9.17, 15) is 21.6 Å². The van der Waals surface area contributed by atoms with E-state index in [-0.39, 0.29) is 22.9 Å². The van der Waals surface area contributed by atoms with Crippen molar-refractivity contribution in [2.75, 3.05) is 13.1 Å². The third kappa shape index (κ3) is 6.09. The highest BCUT2D eigenvalue weighted by atomic mass is 32.2. The largest absolute Gasteiger partial charge is 0.490 e. The molecule has 0 spiro atoms. The van der Waals surface area contributed by atoms with Crippen molar-refractivity contribution in [2.45, 2.75) is 43.2 Å². The number of nitrogens with zero attached hydrogens (tertiary/aromatic N) is 4. The van der Waals surface area contributed by atoms with Crippen LogP contribution in [-0.4, -0.2) is 70.1 Å². The van der Waals surface area contributed by atoms with Crippen molar-refractivity contribution in [1.82, 2.24) is 19.2 Å². The van der Waals surface area contributed by atoms with Crippen LogP contribution >= 0.6 is 11.3 Å². The summed E-state index contributed by atoms with van der Waals surface area (Å²) in [7, 11) is -3.76. The van der Waals surface area contributed by atoms with Crippen LogP contribution < -0.4 is 4.74 Å². The molecule has 9 nitrogen and oxygen atoms in total. The Hall–Kier alpha value is -3.07. The number of ether oxygens (including phenoxy) is 1. The van der Waals surface area contributed by atoms with Crippen LogP contribution in [-0.2, 0) is 27.9 Å². The predicted octanol–water partition coefficient (Wildman–Crippen LogP) is 3.32. The number of alkyl halides is 3. The van der Waals surface area contributed by atoms with E-state index >= 15 is 0 Å². The Kier molecular flexibility index (Phi) is 7.83. The molecule has 198 valence electrons. The number of carboxylic acids is 1. The molecule has 2 unspecified atom stereocenters. The lowest BCUT2D eigenvalue weighted by atomic mass is 10.1. The summed E-state index contributed by atoms with van der Waals surface area (Å²) in [5.74, 6) is -2.56. The number of rotatable bonds is 4. The second-order valence-electron chi connectivity index (χ2n) is 8.42. The summed E-state index contributed by atoms with van der Waals surface area (Å²) in [4.78, 5) is 21.0. The molecule has 1 saturated heterocycles. The summed E-state index contributed by atoms with van der Waals surface area (Å²) < 4.78 is 66.8. The summed E-state index contributed by atoms with van der Waals surface area (Å²) in [6.07, 6.45) is -3.79. The minimum Gasteiger partial charge on any atom is -0.475 e. The zero-order chi connectivity index (χ0) is 26.8. The summed E-state index contributed by atoms with van der Waals surface area (Å²) in [5, 5.41) is 7.12. The second kappa shape index (κ2) is 10.7. The predicted molar refractivity (Wildman–Crippen MR) is 127 cm³/mol. The van der Waals surface area contributed by atoms with E-state index < -0.39 is 22.2 Å². The number of thiazole rings is 1. The van der Waals surface area contributed by atoms with Crippen molar-refractivity contribution in [1.29, 1.82) is 0 Å². The fourth-order valence-electron chi connectivity index (χ4n) is 4.11. The molecular weight excluding hydrogens is 533 g/mol. The Morgan fingerprint density at radius 2 is 1.84 bits per heavy atom. The average Bonchev–Trinajstić information content (AvgIpc) is 3.41. The smallest absolute Gasteiger partial charge is 0.475 e. The van der Waals surface area contributed by atoms with Gasteiger partial charge >= 0.3 is 12.1 Å². The number of aromatic nitrogens is 2. The number of pyridine rings is 1. The van der Waals surface area contributed by atoms with Crippen molar-refractivity contribution in [3.05, 3.63) is 70.3 Å². The van der Waals surface area contributed by atoms with Crippen LogP contribution in [0.5, 0.6) is 5.88 Å². The molecule has 1 fully saturated rings. The number of hydrogen-bond acceptors (Lipinski definition) is 8. The van der Waals surface area contributed by atoms with E-state index in [1.54, 1.807) is 34.0 Å². The Labute approximate surface area is 215 Å². The van der Waals surface area contributed by atoms with E-state index in [1.807, 2.05) is 42.8 Å². The van der Waals surface area contributed by atoms with Gasteiger partial charge in [-0.15, -0.1) is 11.3 Å². The Balaban J connectivity index is 0.000000405. The number of carboxylic acid groups (broad SMARTS) is 1. The van der Waals surface area contributed by atoms with Gasteiger partial charge in [-0.25, -0.2) is 23.2 Å². The Morgan fingerprint density at radius 1 is 1.14 bits per heavy atom. The number of hydrogen-bond donors (Lipinski definition) is 1. The van der Waals surface area contributed by atoms with Crippen LogP contribution in [0.15, 0.2) is 59.1 Å².